The molecule has 0 aromatic heterocycles. The average molecular weight is 312 g/mol. The minimum absolute atomic E-state index is 0.0418. The number of carbonyl (C=O) groups excluding carboxylic acids is 1. The van der Waals surface area contributed by atoms with Gasteiger partial charge in [0.05, 0.1) is 11.2 Å². The van der Waals surface area contributed by atoms with E-state index in [0.29, 0.717) is 18.5 Å². The number of nitrogens with zero attached hydrogens (tertiary/aromatic N) is 1. The number of carbonyl (C=O) groups is 1. The second-order valence-electron chi connectivity index (χ2n) is 5.12. The summed E-state index contributed by atoms with van der Waals surface area (Å²) in [5.74, 6) is 0.0418. The van der Waals surface area contributed by atoms with Gasteiger partial charge in [-0.1, -0.05) is 12.1 Å². The van der Waals surface area contributed by atoms with E-state index >= 15 is 0 Å². The molecule has 1 unspecified atom stereocenters. The van der Waals surface area contributed by atoms with E-state index in [2.05, 4.69) is 15.9 Å². The molecule has 2 rings (SSSR count). The van der Waals surface area contributed by atoms with E-state index in [4.69, 9.17) is 0 Å². The van der Waals surface area contributed by atoms with Crippen LogP contribution < -0.4 is 0 Å². The molecule has 1 aliphatic rings. The third-order valence-corrected chi connectivity index (χ3v) is 4.15. The van der Waals surface area contributed by atoms with Crippen LogP contribution in [0.3, 0.4) is 0 Å². The van der Waals surface area contributed by atoms with E-state index in [-0.39, 0.29) is 5.91 Å². The molecule has 1 atom stereocenters. The van der Waals surface area contributed by atoms with Crippen molar-refractivity contribution in [2.24, 2.45) is 0 Å². The van der Waals surface area contributed by atoms with Gasteiger partial charge in [-0.2, -0.15) is 0 Å². The highest BCUT2D eigenvalue weighted by atomic mass is 79.9. The predicted octanol–water partition coefficient (Wildman–Crippen LogP) is 2.83. The molecule has 1 fully saturated rings. The zero-order valence-corrected chi connectivity index (χ0v) is 12.1. The number of rotatable bonds is 1. The number of likely N-dealkylation sites (tertiary alicyclic amines) is 1. The lowest BCUT2D eigenvalue weighted by molar-refractivity contribution is 0.0438. The van der Waals surface area contributed by atoms with Crippen LogP contribution in [0.5, 0.6) is 0 Å². The molecule has 1 aromatic carbocycles. The van der Waals surface area contributed by atoms with Crippen molar-refractivity contribution >= 4 is 21.8 Å². The van der Waals surface area contributed by atoms with Crippen molar-refractivity contribution in [3.05, 3.63) is 34.3 Å². The molecular formula is C14H18BrNO2. The van der Waals surface area contributed by atoms with Gasteiger partial charge in [-0.15, -0.1) is 0 Å². The molecule has 1 N–H and O–H groups in total. The molecule has 1 heterocycles. The minimum Gasteiger partial charge on any atom is -0.390 e. The third kappa shape index (κ3) is 3.12. The fourth-order valence-electron chi connectivity index (χ4n) is 2.27. The van der Waals surface area contributed by atoms with Gasteiger partial charge in [0.1, 0.15) is 0 Å². The van der Waals surface area contributed by atoms with Crippen molar-refractivity contribution in [2.75, 3.05) is 13.1 Å². The molecule has 1 saturated heterocycles. The van der Waals surface area contributed by atoms with Crippen molar-refractivity contribution in [2.45, 2.75) is 31.8 Å². The smallest absolute Gasteiger partial charge is 0.254 e. The van der Waals surface area contributed by atoms with Crippen LogP contribution >= 0.6 is 15.9 Å². The summed E-state index contributed by atoms with van der Waals surface area (Å²) in [6, 6.07) is 7.47. The minimum atomic E-state index is -0.636. The van der Waals surface area contributed by atoms with Gasteiger partial charge in [-0.05, 0) is 54.2 Å². The zero-order chi connectivity index (χ0) is 13.2. The summed E-state index contributed by atoms with van der Waals surface area (Å²) in [5, 5.41) is 10.0. The van der Waals surface area contributed by atoms with Crippen LogP contribution in [-0.4, -0.2) is 34.6 Å². The Bertz CT molecular complexity index is 445. The molecular weight excluding hydrogens is 294 g/mol. The molecule has 0 aliphatic carbocycles. The van der Waals surface area contributed by atoms with E-state index in [1.165, 1.54) is 0 Å². The van der Waals surface area contributed by atoms with Crippen molar-refractivity contribution < 1.29 is 9.90 Å². The van der Waals surface area contributed by atoms with Crippen LogP contribution in [0.2, 0.25) is 0 Å². The lowest BCUT2D eigenvalue weighted by Gasteiger charge is -2.23. The first-order chi connectivity index (χ1) is 8.49. The molecule has 0 bridgehead atoms. The fourth-order valence-corrected chi connectivity index (χ4v) is 2.73. The van der Waals surface area contributed by atoms with Gasteiger partial charge in [-0.25, -0.2) is 0 Å². The van der Waals surface area contributed by atoms with Gasteiger partial charge in [0.25, 0.3) is 5.91 Å². The van der Waals surface area contributed by atoms with Crippen LogP contribution in [0, 0.1) is 0 Å². The van der Waals surface area contributed by atoms with Gasteiger partial charge < -0.3 is 10.0 Å². The van der Waals surface area contributed by atoms with Crippen molar-refractivity contribution in [3.63, 3.8) is 0 Å². The van der Waals surface area contributed by atoms with E-state index in [0.717, 1.165) is 23.9 Å². The highest BCUT2D eigenvalue weighted by molar-refractivity contribution is 9.10. The first-order valence-electron chi connectivity index (χ1n) is 6.26. The Hall–Kier alpha value is -0.870. The Balaban J connectivity index is 2.13. The lowest BCUT2D eigenvalue weighted by atomic mass is 9.98. The molecule has 18 heavy (non-hydrogen) atoms. The van der Waals surface area contributed by atoms with Crippen LogP contribution in [0.1, 0.15) is 36.5 Å². The van der Waals surface area contributed by atoms with Gasteiger partial charge in [-0.3, -0.25) is 4.79 Å². The number of hydrogen-bond donors (Lipinski definition) is 1. The average Bonchev–Trinajstić information content (AvgIpc) is 2.50. The van der Waals surface area contributed by atoms with Crippen LogP contribution in [-0.2, 0) is 0 Å². The summed E-state index contributed by atoms with van der Waals surface area (Å²) in [7, 11) is 0. The van der Waals surface area contributed by atoms with E-state index in [1.807, 2.05) is 36.1 Å². The molecule has 4 heteroatoms. The summed E-state index contributed by atoms with van der Waals surface area (Å²) >= 11 is 3.41. The van der Waals surface area contributed by atoms with Gasteiger partial charge in [0.2, 0.25) is 0 Å². The quantitative estimate of drug-likeness (QED) is 0.866. The Morgan fingerprint density at radius 3 is 2.78 bits per heavy atom. The van der Waals surface area contributed by atoms with Crippen LogP contribution in [0.15, 0.2) is 28.7 Å². The topological polar surface area (TPSA) is 40.5 Å². The molecule has 0 spiro atoms. The van der Waals surface area contributed by atoms with E-state index in [1.54, 1.807) is 0 Å². The first kappa shape index (κ1) is 13.6. The first-order valence-corrected chi connectivity index (χ1v) is 7.05. The standard InChI is InChI=1S/C14H18BrNO2/c1-14(18)7-4-9-16(10-8-14)13(17)11-5-2-3-6-12(11)15/h2-3,5-6,18H,4,7-10H2,1H3. The highest BCUT2D eigenvalue weighted by Gasteiger charge is 2.27. The van der Waals surface area contributed by atoms with Crippen molar-refractivity contribution in [1.29, 1.82) is 0 Å². The maximum atomic E-state index is 12.4. The second kappa shape index (κ2) is 5.41. The van der Waals surface area contributed by atoms with Gasteiger partial charge >= 0.3 is 0 Å². The second-order valence-corrected chi connectivity index (χ2v) is 5.98. The van der Waals surface area contributed by atoms with E-state index in [9.17, 15) is 9.90 Å². The zero-order valence-electron chi connectivity index (χ0n) is 10.5. The SMILES string of the molecule is CC1(O)CCCN(C(=O)c2ccccc2Br)CC1. The molecule has 98 valence electrons. The number of hydrogen-bond acceptors (Lipinski definition) is 2. The molecule has 1 aliphatic heterocycles. The summed E-state index contributed by atoms with van der Waals surface area (Å²) in [5.41, 5.74) is 0.0576. The summed E-state index contributed by atoms with van der Waals surface area (Å²) in [4.78, 5) is 14.2. The third-order valence-electron chi connectivity index (χ3n) is 3.46. The van der Waals surface area contributed by atoms with Crippen LogP contribution in [0.25, 0.3) is 0 Å². The maximum Gasteiger partial charge on any atom is 0.254 e. The number of aliphatic hydroxyl groups is 1. The van der Waals surface area contributed by atoms with Crippen molar-refractivity contribution in [1.82, 2.24) is 4.90 Å². The highest BCUT2D eigenvalue weighted by Crippen LogP contribution is 2.24. The van der Waals surface area contributed by atoms with Crippen molar-refractivity contribution in [3.8, 4) is 0 Å². The lowest BCUT2D eigenvalue weighted by Crippen LogP contribution is -2.33. The predicted molar refractivity (Wildman–Crippen MR) is 74.5 cm³/mol. The Morgan fingerprint density at radius 1 is 1.33 bits per heavy atom. The normalized spacial score (nSPS) is 24.7. The number of amides is 1. The number of halogens is 1. The Labute approximate surface area is 116 Å². The van der Waals surface area contributed by atoms with Gasteiger partial charge in [0, 0.05) is 17.6 Å². The van der Waals surface area contributed by atoms with Gasteiger partial charge in [0.15, 0.2) is 0 Å². The molecule has 1 aromatic rings. The Kier molecular flexibility index (Phi) is 4.07. The van der Waals surface area contributed by atoms with E-state index < -0.39 is 5.60 Å². The Morgan fingerprint density at radius 2 is 2.06 bits per heavy atom. The molecule has 1 amide bonds. The maximum absolute atomic E-state index is 12.4. The monoisotopic (exact) mass is 311 g/mol. The molecule has 0 saturated carbocycles. The summed E-state index contributed by atoms with van der Waals surface area (Å²) < 4.78 is 0.825. The molecule has 0 radical (unpaired) electrons. The van der Waals surface area contributed by atoms with Crippen LogP contribution in [0.4, 0.5) is 0 Å². The fraction of sp³-hybridized carbons (Fsp3) is 0.500. The largest absolute Gasteiger partial charge is 0.390 e. The summed E-state index contributed by atoms with van der Waals surface area (Å²) in [6.45, 7) is 3.18. The number of benzene rings is 1. The molecule has 3 nitrogen and oxygen atoms in total. The summed E-state index contributed by atoms with van der Waals surface area (Å²) in [6.07, 6.45) is 2.25.